The van der Waals surface area contributed by atoms with Gasteiger partial charge in [0, 0.05) is 13.1 Å². The van der Waals surface area contributed by atoms with E-state index in [0.717, 1.165) is 6.42 Å². The van der Waals surface area contributed by atoms with E-state index in [0.29, 0.717) is 6.54 Å². The zero-order valence-corrected chi connectivity index (χ0v) is 8.08. The molecule has 0 aliphatic rings. The predicted molar refractivity (Wildman–Crippen MR) is 46.8 cm³/mol. The molecule has 1 amide bonds. The average molecular weight is 212 g/mol. The second-order valence-corrected chi connectivity index (χ2v) is 2.89. The highest BCUT2D eigenvalue weighted by Gasteiger charge is 2.25. The van der Waals surface area contributed by atoms with Crippen LogP contribution in [0.1, 0.15) is 19.8 Å². The van der Waals surface area contributed by atoms with Gasteiger partial charge >= 0.3 is 6.18 Å². The van der Waals surface area contributed by atoms with Crippen LogP contribution in [0.2, 0.25) is 0 Å². The van der Waals surface area contributed by atoms with Crippen LogP contribution in [0.3, 0.4) is 0 Å². The van der Waals surface area contributed by atoms with Crippen molar-refractivity contribution >= 4 is 5.91 Å². The molecule has 0 unspecified atom stereocenters. The molecule has 0 atom stereocenters. The molecule has 0 aromatic rings. The summed E-state index contributed by atoms with van der Waals surface area (Å²) in [5, 5.41) is 4.97. The van der Waals surface area contributed by atoms with Crippen LogP contribution in [0.25, 0.3) is 0 Å². The summed E-state index contributed by atoms with van der Waals surface area (Å²) in [4.78, 5) is 10.9. The monoisotopic (exact) mass is 212 g/mol. The summed E-state index contributed by atoms with van der Waals surface area (Å²) in [6, 6.07) is 0. The lowest BCUT2D eigenvalue weighted by molar-refractivity contribution is -0.134. The summed E-state index contributed by atoms with van der Waals surface area (Å²) < 4.78 is 34.9. The molecular weight excluding hydrogens is 197 g/mol. The Hall–Kier alpha value is -0.780. The fourth-order valence-corrected chi connectivity index (χ4v) is 0.759. The Morgan fingerprint density at radius 3 is 2.43 bits per heavy atom. The van der Waals surface area contributed by atoms with Crippen molar-refractivity contribution < 1.29 is 18.0 Å². The van der Waals surface area contributed by atoms with Gasteiger partial charge in [0.1, 0.15) is 0 Å². The van der Waals surface area contributed by atoms with Gasteiger partial charge < -0.3 is 10.6 Å². The fourth-order valence-electron chi connectivity index (χ4n) is 0.759. The molecule has 6 heteroatoms. The van der Waals surface area contributed by atoms with E-state index in [2.05, 4.69) is 10.6 Å². The Balaban J connectivity index is 3.32. The van der Waals surface area contributed by atoms with Crippen molar-refractivity contribution in [2.45, 2.75) is 25.9 Å². The van der Waals surface area contributed by atoms with Crippen LogP contribution in [-0.2, 0) is 4.79 Å². The first kappa shape index (κ1) is 13.2. The molecular formula is C8H15F3N2O. The molecule has 0 aliphatic heterocycles. The molecule has 0 bridgehead atoms. The molecule has 0 saturated heterocycles. The van der Waals surface area contributed by atoms with Crippen molar-refractivity contribution in [1.82, 2.24) is 10.6 Å². The molecule has 0 aromatic heterocycles. The first-order chi connectivity index (χ1) is 6.45. The SMILES string of the molecule is CCCNC(=O)CNCCC(F)(F)F. The third-order valence-corrected chi connectivity index (χ3v) is 1.44. The molecule has 0 saturated carbocycles. The van der Waals surface area contributed by atoms with Crippen LogP contribution in [0.5, 0.6) is 0 Å². The zero-order valence-electron chi connectivity index (χ0n) is 8.08. The van der Waals surface area contributed by atoms with E-state index in [1.807, 2.05) is 6.92 Å². The van der Waals surface area contributed by atoms with Crippen molar-refractivity contribution in [1.29, 1.82) is 0 Å². The lowest BCUT2D eigenvalue weighted by atomic mass is 10.4. The molecule has 0 radical (unpaired) electrons. The first-order valence-electron chi connectivity index (χ1n) is 4.50. The van der Waals surface area contributed by atoms with E-state index in [1.165, 1.54) is 0 Å². The third-order valence-electron chi connectivity index (χ3n) is 1.44. The van der Waals surface area contributed by atoms with Crippen LogP contribution in [0.4, 0.5) is 13.2 Å². The second-order valence-electron chi connectivity index (χ2n) is 2.89. The normalized spacial score (nSPS) is 11.4. The molecule has 0 aliphatic carbocycles. The molecule has 0 fully saturated rings. The zero-order chi connectivity index (χ0) is 11.0. The van der Waals surface area contributed by atoms with Gasteiger partial charge in [-0.05, 0) is 6.42 Å². The number of hydrogen-bond acceptors (Lipinski definition) is 2. The minimum atomic E-state index is -4.16. The van der Waals surface area contributed by atoms with Crippen LogP contribution in [0.15, 0.2) is 0 Å². The molecule has 0 aromatic carbocycles. The number of carbonyl (C=O) groups is 1. The Labute approximate surface area is 81.1 Å². The van der Waals surface area contributed by atoms with E-state index in [4.69, 9.17) is 0 Å². The summed E-state index contributed by atoms with van der Waals surface area (Å²) in [7, 11) is 0. The number of carbonyl (C=O) groups excluding carboxylic acids is 1. The van der Waals surface area contributed by atoms with Gasteiger partial charge in [0.2, 0.25) is 5.91 Å². The molecule has 0 rings (SSSR count). The quantitative estimate of drug-likeness (QED) is 0.646. The lowest BCUT2D eigenvalue weighted by Crippen LogP contribution is -2.35. The van der Waals surface area contributed by atoms with Crippen LogP contribution < -0.4 is 10.6 Å². The average Bonchev–Trinajstić information content (AvgIpc) is 2.07. The van der Waals surface area contributed by atoms with Gasteiger partial charge in [-0.25, -0.2) is 0 Å². The van der Waals surface area contributed by atoms with Gasteiger partial charge in [-0.15, -0.1) is 0 Å². The molecule has 0 heterocycles. The predicted octanol–water partition coefficient (Wildman–Crippen LogP) is 1.05. The number of halogens is 3. The van der Waals surface area contributed by atoms with Gasteiger partial charge in [-0.3, -0.25) is 4.79 Å². The maximum Gasteiger partial charge on any atom is 0.390 e. The molecule has 2 N–H and O–H groups in total. The van der Waals surface area contributed by atoms with Gasteiger partial charge in [0.25, 0.3) is 0 Å². The Morgan fingerprint density at radius 2 is 1.93 bits per heavy atom. The van der Waals surface area contributed by atoms with Gasteiger partial charge in [0.05, 0.1) is 13.0 Å². The van der Waals surface area contributed by atoms with E-state index in [-0.39, 0.29) is 19.0 Å². The number of nitrogens with one attached hydrogen (secondary N) is 2. The topological polar surface area (TPSA) is 41.1 Å². The third kappa shape index (κ3) is 9.31. The molecule has 3 nitrogen and oxygen atoms in total. The van der Waals surface area contributed by atoms with Crippen molar-refractivity contribution in [3.8, 4) is 0 Å². The highest BCUT2D eigenvalue weighted by atomic mass is 19.4. The van der Waals surface area contributed by atoms with Crippen molar-refractivity contribution in [2.75, 3.05) is 19.6 Å². The maximum absolute atomic E-state index is 11.6. The Kier molecular flexibility index (Phi) is 6.27. The highest BCUT2D eigenvalue weighted by Crippen LogP contribution is 2.17. The summed E-state index contributed by atoms with van der Waals surface area (Å²) in [5.41, 5.74) is 0. The number of hydrogen-bond donors (Lipinski definition) is 2. The standard InChI is InChI=1S/C8H15F3N2O/c1-2-4-13-7(14)6-12-5-3-8(9,10)11/h12H,2-6H2,1H3,(H,13,14). The van der Waals surface area contributed by atoms with E-state index in [1.54, 1.807) is 0 Å². The Morgan fingerprint density at radius 1 is 1.29 bits per heavy atom. The highest BCUT2D eigenvalue weighted by molar-refractivity contribution is 5.77. The lowest BCUT2D eigenvalue weighted by Gasteiger charge is -2.07. The van der Waals surface area contributed by atoms with Gasteiger partial charge in [-0.1, -0.05) is 6.92 Å². The summed E-state index contributed by atoms with van der Waals surface area (Å²) in [6.45, 7) is 2.18. The number of amides is 1. The molecule has 84 valence electrons. The van der Waals surface area contributed by atoms with Crippen LogP contribution in [0, 0.1) is 0 Å². The van der Waals surface area contributed by atoms with E-state index >= 15 is 0 Å². The number of alkyl halides is 3. The molecule has 0 spiro atoms. The summed E-state index contributed by atoms with van der Waals surface area (Å²) in [6.07, 6.45) is -4.25. The van der Waals surface area contributed by atoms with Crippen molar-refractivity contribution in [3.05, 3.63) is 0 Å². The molecule has 14 heavy (non-hydrogen) atoms. The minimum Gasteiger partial charge on any atom is -0.355 e. The van der Waals surface area contributed by atoms with Crippen molar-refractivity contribution in [2.24, 2.45) is 0 Å². The largest absolute Gasteiger partial charge is 0.390 e. The summed E-state index contributed by atoms with van der Waals surface area (Å²) in [5.74, 6) is -0.269. The van der Waals surface area contributed by atoms with Crippen LogP contribution >= 0.6 is 0 Å². The minimum absolute atomic E-state index is 0.0594. The number of rotatable bonds is 6. The maximum atomic E-state index is 11.6. The van der Waals surface area contributed by atoms with Crippen LogP contribution in [-0.4, -0.2) is 31.7 Å². The van der Waals surface area contributed by atoms with E-state index in [9.17, 15) is 18.0 Å². The summed E-state index contributed by atoms with van der Waals surface area (Å²) >= 11 is 0. The van der Waals surface area contributed by atoms with Gasteiger partial charge in [-0.2, -0.15) is 13.2 Å². The smallest absolute Gasteiger partial charge is 0.355 e. The van der Waals surface area contributed by atoms with Gasteiger partial charge in [0.15, 0.2) is 0 Å². The second kappa shape index (κ2) is 6.64. The fraction of sp³-hybridized carbons (Fsp3) is 0.875. The first-order valence-corrected chi connectivity index (χ1v) is 4.50. The Bertz CT molecular complexity index is 170. The van der Waals surface area contributed by atoms with E-state index < -0.39 is 12.6 Å². The van der Waals surface area contributed by atoms with Crippen molar-refractivity contribution in [3.63, 3.8) is 0 Å².